The van der Waals surface area contributed by atoms with Crippen molar-refractivity contribution >= 4 is 22.3 Å². The van der Waals surface area contributed by atoms with Crippen LogP contribution in [0.15, 0.2) is 41.0 Å². The van der Waals surface area contributed by atoms with E-state index in [2.05, 4.69) is 19.9 Å². The third-order valence-corrected chi connectivity index (χ3v) is 3.60. The number of ketones is 1. The maximum Gasteiger partial charge on any atom is 0.163 e. The van der Waals surface area contributed by atoms with Gasteiger partial charge in [-0.25, -0.2) is 0 Å². The number of allylic oxidation sites excluding steroid dienone is 2. The molecule has 0 aliphatic heterocycles. The average molecular weight is 240 g/mol. The summed E-state index contributed by atoms with van der Waals surface area (Å²) < 4.78 is 5.40. The highest BCUT2D eigenvalue weighted by atomic mass is 16.3. The molecule has 1 heterocycles. The standard InChI is InChI=1S/C16H16O2/c1-16(2)7-5-14(17)13(10-16)12-4-3-11-6-8-18-15(11)9-12/h3-4,6,8-10H,5,7H2,1-2H3. The normalized spacial score (nSPS) is 19.0. The molecule has 0 atom stereocenters. The van der Waals surface area contributed by atoms with E-state index < -0.39 is 0 Å². The van der Waals surface area contributed by atoms with Gasteiger partial charge in [-0.2, -0.15) is 0 Å². The van der Waals surface area contributed by atoms with Crippen molar-refractivity contribution in [2.24, 2.45) is 5.41 Å². The van der Waals surface area contributed by atoms with Crippen molar-refractivity contribution in [3.05, 3.63) is 42.2 Å². The molecule has 0 amide bonds. The van der Waals surface area contributed by atoms with Crippen molar-refractivity contribution < 1.29 is 9.21 Å². The predicted molar refractivity (Wildman–Crippen MR) is 72.2 cm³/mol. The van der Waals surface area contributed by atoms with Gasteiger partial charge in [0.1, 0.15) is 5.58 Å². The Bertz CT molecular complexity index is 644. The maximum atomic E-state index is 12.1. The quantitative estimate of drug-likeness (QED) is 0.747. The molecule has 18 heavy (non-hydrogen) atoms. The first-order chi connectivity index (χ1) is 8.55. The predicted octanol–water partition coefficient (Wildman–Crippen LogP) is 4.21. The van der Waals surface area contributed by atoms with Crippen molar-refractivity contribution in [1.29, 1.82) is 0 Å². The zero-order valence-corrected chi connectivity index (χ0v) is 10.7. The lowest BCUT2D eigenvalue weighted by molar-refractivity contribution is -0.114. The van der Waals surface area contributed by atoms with Gasteiger partial charge in [-0.1, -0.05) is 32.1 Å². The fourth-order valence-electron chi connectivity index (χ4n) is 2.48. The first-order valence-corrected chi connectivity index (χ1v) is 6.29. The molecule has 2 heteroatoms. The average Bonchev–Trinajstić information content (AvgIpc) is 2.79. The first kappa shape index (κ1) is 11.3. The Morgan fingerprint density at radius 3 is 2.89 bits per heavy atom. The molecule has 1 aromatic carbocycles. The van der Waals surface area contributed by atoms with Crippen LogP contribution in [-0.4, -0.2) is 5.78 Å². The number of carbonyl (C=O) groups excluding carboxylic acids is 1. The maximum absolute atomic E-state index is 12.1. The van der Waals surface area contributed by atoms with Crippen molar-refractivity contribution in [3.63, 3.8) is 0 Å². The third kappa shape index (κ3) is 1.88. The number of hydrogen-bond donors (Lipinski definition) is 0. The molecule has 2 aromatic rings. The van der Waals surface area contributed by atoms with E-state index in [1.54, 1.807) is 6.26 Å². The lowest BCUT2D eigenvalue weighted by atomic mass is 9.77. The molecule has 0 N–H and O–H groups in total. The van der Waals surface area contributed by atoms with Gasteiger partial charge in [0.15, 0.2) is 5.78 Å². The van der Waals surface area contributed by atoms with E-state index in [0.29, 0.717) is 6.42 Å². The summed E-state index contributed by atoms with van der Waals surface area (Å²) in [5.74, 6) is 0.236. The van der Waals surface area contributed by atoms with E-state index in [1.165, 1.54) is 0 Å². The van der Waals surface area contributed by atoms with Gasteiger partial charge in [0, 0.05) is 17.4 Å². The molecule has 1 aromatic heterocycles. The minimum Gasteiger partial charge on any atom is -0.464 e. The highest BCUT2D eigenvalue weighted by molar-refractivity contribution is 6.21. The van der Waals surface area contributed by atoms with Crippen molar-refractivity contribution in [1.82, 2.24) is 0 Å². The first-order valence-electron chi connectivity index (χ1n) is 6.29. The Morgan fingerprint density at radius 1 is 1.22 bits per heavy atom. The van der Waals surface area contributed by atoms with Gasteiger partial charge in [0.05, 0.1) is 6.26 Å². The number of hydrogen-bond acceptors (Lipinski definition) is 2. The zero-order chi connectivity index (χ0) is 12.8. The molecule has 0 saturated heterocycles. The molecule has 2 nitrogen and oxygen atoms in total. The second kappa shape index (κ2) is 3.84. The number of rotatable bonds is 1. The molecule has 0 bridgehead atoms. The third-order valence-electron chi connectivity index (χ3n) is 3.60. The van der Waals surface area contributed by atoms with Crippen LogP contribution in [0, 0.1) is 5.41 Å². The molecular formula is C16H16O2. The molecule has 3 rings (SSSR count). The van der Waals surface area contributed by atoms with Crippen LogP contribution >= 0.6 is 0 Å². The number of carbonyl (C=O) groups is 1. The van der Waals surface area contributed by atoms with Gasteiger partial charge < -0.3 is 4.42 Å². The number of Topliss-reactive ketones (excluding diaryl/α,β-unsaturated/α-hetero) is 1. The van der Waals surface area contributed by atoms with Crippen LogP contribution in [0.5, 0.6) is 0 Å². The van der Waals surface area contributed by atoms with E-state index in [1.807, 2.05) is 24.3 Å². The van der Waals surface area contributed by atoms with E-state index in [-0.39, 0.29) is 11.2 Å². The molecule has 0 radical (unpaired) electrons. The van der Waals surface area contributed by atoms with E-state index >= 15 is 0 Å². The van der Waals surface area contributed by atoms with E-state index in [4.69, 9.17) is 4.42 Å². The molecule has 0 spiro atoms. The SMILES string of the molecule is CC1(C)C=C(c2ccc3ccoc3c2)C(=O)CC1. The summed E-state index contributed by atoms with van der Waals surface area (Å²) in [4.78, 5) is 12.1. The molecular weight excluding hydrogens is 224 g/mol. The van der Waals surface area contributed by atoms with Gasteiger partial charge in [-0.05, 0) is 29.5 Å². The largest absolute Gasteiger partial charge is 0.464 e. The Labute approximate surface area is 106 Å². The monoisotopic (exact) mass is 240 g/mol. The number of benzene rings is 1. The summed E-state index contributed by atoms with van der Waals surface area (Å²) in [7, 11) is 0. The van der Waals surface area contributed by atoms with Crippen LogP contribution in [-0.2, 0) is 4.79 Å². The highest BCUT2D eigenvalue weighted by Crippen LogP contribution is 2.36. The minimum atomic E-state index is 0.0986. The molecule has 0 fully saturated rings. The Morgan fingerprint density at radius 2 is 2.06 bits per heavy atom. The van der Waals surface area contributed by atoms with Gasteiger partial charge >= 0.3 is 0 Å². The molecule has 0 saturated carbocycles. The Hall–Kier alpha value is -1.83. The topological polar surface area (TPSA) is 30.2 Å². The van der Waals surface area contributed by atoms with Gasteiger partial charge in [0.25, 0.3) is 0 Å². The Kier molecular flexibility index (Phi) is 2.40. The van der Waals surface area contributed by atoms with Crippen molar-refractivity contribution in [2.45, 2.75) is 26.7 Å². The van der Waals surface area contributed by atoms with Crippen molar-refractivity contribution in [3.8, 4) is 0 Å². The lowest BCUT2D eigenvalue weighted by Crippen LogP contribution is -2.19. The second-order valence-electron chi connectivity index (χ2n) is 5.64. The summed E-state index contributed by atoms with van der Waals surface area (Å²) in [6, 6.07) is 7.90. The van der Waals surface area contributed by atoms with Gasteiger partial charge in [0.2, 0.25) is 0 Å². The smallest absolute Gasteiger partial charge is 0.163 e. The van der Waals surface area contributed by atoms with Crippen LogP contribution < -0.4 is 0 Å². The molecule has 1 aliphatic rings. The van der Waals surface area contributed by atoms with Crippen LogP contribution in [0.3, 0.4) is 0 Å². The van der Waals surface area contributed by atoms with Crippen molar-refractivity contribution in [2.75, 3.05) is 0 Å². The van der Waals surface area contributed by atoms with Gasteiger partial charge in [-0.15, -0.1) is 0 Å². The summed E-state index contributed by atoms with van der Waals surface area (Å²) in [5, 5.41) is 1.07. The summed E-state index contributed by atoms with van der Waals surface area (Å²) in [6.45, 7) is 4.34. The molecule has 1 aliphatic carbocycles. The van der Waals surface area contributed by atoms with E-state index in [0.717, 1.165) is 28.5 Å². The van der Waals surface area contributed by atoms with Gasteiger partial charge in [-0.3, -0.25) is 4.79 Å². The summed E-state index contributed by atoms with van der Waals surface area (Å²) in [5.41, 5.74) is 2.74. The number of fused-ring (bicyclic) bond motifs is 1. The van der Waals surface area contributed by atoms with Crippen LogP contribution in [0.4, 0.5) is 0 Å². The number of furan rings is 1. The fraction of sp³-hybridized carbons (Fsp3) is 0.312. The summed E-state index contributed by atoms with van der Waals surface area (Å²) in [6.07, 6.45) is 5.34. The Balaban J connectivity index is 2.12. The molecule has 92 valence electrons. The lowest BCUT2D eigenvalue weighted by Gasteiger charge is -2.26. The van der Waals surface area contributed by atoms with Crippen LogP contribution in [0.25, 0.3) is 16.5 Å². The minimum absolute atomic E-state index is 0.0986. The fourth-order valence-corrected chi connectivity index (χ4v) is 2.48. The van der Waals surface area contributed by atoms with Crippen LogP contribution in [0.1, 0.15) is 32.3 Å². The highest BCUT2D eigenvalue weighted by Gasteiger charge is 2.26. The second-order valence-corrected chi connectivity index (χ2v) is 5.64. The zero-order valence-electron chi connectivity index (χ0n) is 10.7. The van der Waals surface area contributed by atoms with Crippen LogP contribution in [0.2, 0.25) is 0 Å². The summed E-state index contributed by atoms with van der Waals surface area (Å²) >= 11 is 0. The molecule has 0 unspecified atom stereocenters. The van der Waals surface area contributed by atoms with E-state index in [9.17, 15) is 4.79 Å².